The molecule has 0 saturated carbocycles. The van der Waals surface area contributed by atoms with Gasteiger partial charge in [-0.3, -0.25) is 0 Å². The Labute approximate surface area is 791 Å². The first-order chi connectivity index (χ1) is 65.2. The lowest BCUT2D eigenvalue weighted by atomic mass is 9.84. The third-order valence-electron chi connectivity index (χ3n) is 24.6. The molecule has 0 amide bonds. The van der Waals surface area contributed by atoms with Crippen LogP contribution in [0.1, 0.15) is 119 Å². The van der Waals surface area contributed by atoms with Crippen LogP contribution < -0.4 is 0 Å². The van der Waals surface area contributed by atoms with Gasteiger partial charge >= 0.3 is 0 Å². The fourth-order valence-electron chi connectivity index (χ4n) is 18.2. The standard InChI is InChI=1S/2C60H42N4S2.CH4/c1-39-23-27-45(28-24-39)51(41-15-7-3-8-16-41)53(43-19-11-5-12-20-43)47-31-35-49(36-32-47)55-57-59(63-65-61-57)56(60-58(55)62-66-64-60)50-37-33-48(34-38-50)54(44-21-13-6-14-22-44)52(42-17-9-4-10-18-42)46-29-25-40(2)26-30-46;1-39-23-27-45(28-24-39)53(51(41-15-7-3-8-16-41)42-17-9-4-10-18-42)47-31-35-49(36-32-47)55-57-59(63-65-61-57)56(60-58(55)62-66-64-60)50-37-33-48(34-38-50)54(46-29-25-40(2)26-30-46)52(43-19-11-5-12-20-43)44-21-13-6-14-22-44;/h2*3-38H,1-2H3;1H4. The fourth-order valence-corrected chi connectivity index (χ4v) is 20.4. The Kier molecular flexibility index (Phi) is 24.7. The Morgan fingerprint density at radius 1 is 0.158 bits per heavy atom. The quantitative estimate of drug-likeness (QED) is 0.0710. The minimum atomic E-state index is 0. The van der Waals surface area contributed by atoms with Crippen molar-refractivity contribution in [1.29, 1.82) is 0 Å². The van der Waals surface area contributed by atoms with Crippen molar-refractivity contribution in [2.75, 3.05) is 0 Å². The van der Waals surface area contributed by atoms with Gasteiger partial charge in [-0.05, 0) is 184 Å². The average Bonchev–Trinajstić information content (AvgIpc) is 1.61. The van der Waals surface area contributed by atoms with E-state index in [1.165, 1.54) is 113 Å². The fraction of sp³-hybridized carbons (Fsp3) is 0.0413. The summed E-state index contributed by atoms with van der Waals surface area (Å²) in [5.74, 6) is 0. The van der Waals surface area contributed by atoms with Gasteiger partial charge < -0.3 is 0 Å². The number of benzene rings is 18. The Morgan fingerprint density at radius 2 is 0.286 bits per heavy atom. The highest BCUT2D eigenvalue weighted by atomic mass is 32.1. The van der Waals surface area contributed by atoms with E-state index >= 15 is 0 Å². The van der Waals surface area contributed by atoms with E-state index in [9.17, 15) is 0 Å². The van der Waals surface area contributed by atoms with Crippen LogP contribution in [0.4, 0.5) is 22.7 Å². The van der Waals surface area contributed by atoms with E-state index in [2.05, 4.69) is 464 Å². The summed E-state index contributed by atoms with van der Waals surface area (Å²) >= 11 is 4.91. The van der Waals surface area contributed by atoms with Gasteiger partial charge in [-0.1, -0.05) is 466 Å². The molecule has 0 spiro atoms. The average molecular weight is 1780 g/mol. The van der Waals surface area contributed by atoms with Crippen LogP contribution >= 0.6 is 23.5 Å². The molecule has 20 aromatic rings. The van der Waals surface area contributed by atoms with E-state index < -0.39 is 0 Å². The number of fused-ring (bicyclic) bond motifs is 4. The first kappa shape index (κ1) is 85.3. The highest BCUT2D eigenvalue weighted by molar-refractivity contribution is 7.58. The van der Waals surface area contributed by atoms with Gasteiger partial charge in [0.2, 0.25) is 0 Å². The van der Waals surface area contributed by atoms with Crippen molar-refractivity contribution in [1.82, 2.24) is 17.5 Å². The van der Waals surface area contributed by atoms with Gasteiger partial charge in [0, 0.05) is 22.3 Å². The van der Waals surface area contributed by atoms with Gasteiger partial charge in [-0.2, -0.15) is 34.9 Å². The molecule has 2 aliphatic rings. The smallest absolute Gasteiger partial charge is 0.115 e. The van der Waals surface area contributed by atoms with E-state index in [0.717, 1.165) is 178 Å². The lowest BCUT2D eigenvalue weighted by Crippen LogP contribution is -1.98. The number of rotatable bonds is 20. The highest BCUT2D eigenvalue weighted by Crippen LogP contribution is 2.55. The number of aryl methyl sites for hydroxylation is 4. The molecule has 0 unspecified atom stereocenters. The second kappa shape index (κ2) is 38.5. The molecule has 2 aromatic heterocycles. The molecule has 0 saturated heterocycles. The van der Waals surface area contributed by atoms with Gasteiger partial charge in [0.25, 0.3) is 0 Å². The van der Waals surface area contributed by atoms with Crippen LogP contribution in [0.25, 0.3) is 111 Å². The summed E-state index contributed by atoms with van der Waals surface area (Å²) in [6.07, 6.45) is 0. The second-order valence-corrected chi connectivity index (χ2v) is 35.2. The molecule has 8 nitrogen and oxygen atoms in total. The van der Waals surface area contributed by atoms with Crippen molar-refractivity contribution >= 4 is 136 Å². The Morgan fingerprint density at radius 3 is 0.429 bits per heavy atom. The SMILES string of the molecule is C.Cc1ccc(C(=C(c2ccccc2)c2ccc(-c3c4c(c(-c5ccc(C(=C(c6ccccc6)c6ccc(C)cc6)c6ccccc6)cc5)c5nsnc35)N=S=N4)cc2)c2ccccc2)cc1.Cc1ccc(C(=C(c2ccccc2)c2ccccc2)c2ccc(-c3c4c(c(-c5ccc(C(=C(c6ccccc6)c6ccccc6)c6ccc(C)cc6)cc5)c5nsnc35)N=S=N4)cc2)cc1. The monoisotopic (exact) mass is 1780 g/mol. The van der Waals surface area contributed by atoms with Gasteiger partial charge in [-0.25, -0.2) is 0 Å². The zero-order valence-corrected chi connectivity index (χ0v) is 76.0. The molecule has 0 atom stereocenters. The molecular weight excluding hydrogens is 1690 g/mol. The van der Waals surface area contributed by atoms with Crippen LogP contribution in [0.15, 0.2) is 454 Å². The molecule has 4 heterocycles. The van der Waals surface area contributed by atoms with E-state index in [-0.39, 0.29) is 7.43 Å². The normalized spacial score (nSPS) is 12.0. The van der Waals surface area contributed by atoms with Crippen molar-refractivity contribution in [3.8, 4) is 44.5 Å². The number of hydrogen-bond donors (Lipinski definition) is 0. The second-order valence-electron chi connectivity index (χ2n) is 33.0. The van der Waals surface area contributed by atoms with Gasteiger partial charge in [-0.15, -0.1) is 0 Å². The zero-order valence-electron chi connectivity index (χ0n) is 72.8. The lowest BCUT2D eigenvalue weighted by Gasteiger charge is -2.19. The molecule has 12 heteroatoms. The maximum Gasteiger partial charge on any atom is 0.115 e. The molecule has 0 fully saturated rings. The number of aromatic nitrogens is 4. The Bertz CT molecular complexity index is 7410. The topological polar surface area (TPSA) is 101 Å². The molecule has 0 aliphatic carbocycles. The van der Waals surface area contributed by atoms with Gasteiger partial charge in [0.05, 0.1) is 46.2 Å². The van der Waals surface area contributed by atoms with Crippen molar-refractivity contribution in [2.45, 2.75) is 35.1 Å². The summed E-state index contributed by atoms with van der Waals surface area (Å²) in [5.41, 5.74) is 47.1. The Hall–Kier alpha value is -15.8. The van der Waals surface area contributed by atoms with Gasteiger partial charge in [0.1, 0.15) is 44.8 Å². The first-order valence-corrected chi connectivity index (χ1v) is 47.0. The van der Waals surface area contributed by atoms with Crippen LogP contribution in [0.2, 0.25) is 0 Å². The van der Waals surface area contributed by atoms with Crippen molar-refractivity contribution in [3.63, 3.8) is 0 Å². The van der Waals surface area contributed by atoms with E-state index in [1.807, 2.05) is 0 Å². The molecular formula is C121H88N8S4. The van der Waals surface area contributed by atoms with Crippen molar-refractivity contribution in [2.24, 2.45) is 17.5 Å². The van der Waals surface area contributed by atoms with Crippen LogP contribution in [0.3, 0.4) is 0 Å². The number of hydrogen-bond acceptors (Lipinski definition) is 10. The highest BCUT2D eigenvalue weighted by Gasteiger charge is 2.31. The first-order valence-electron chi connectivity index (χ1n) is 44.1. The summed E-state index contributed by atoms with van der Waals surface area (Å²) in [6, 6.07) is 156. The van der Waals surface area contributed by atoms with Gasteiger partial charge in [0.15, 0.2) is 0 Å². The molecule has 133 heavy (non-hydrogen) atoms. The third-order valence-corrected chi connectivity index (χ3v) is 26.7. The number of nitrogens with zero attached hydrogens (tertiary/aromatic N) is 8. The zero-order chi connectivity index (χ0) is 88.8. The van der Waals surface area contributed by atoms with Crippen molar-refractivity contribution < 1.29 is 0 Å². The maximum atomic E-state index is 4.97. The molecule has 0 N–H and O–H groups in total. The molecule has 0 bridgehead atoms. The van der Waals surface area contributed by atoms with E-state index in [0.29, 0.717) is 0 Å². The van der Waals surface area contributed by atoms with Crippen LogP contribution in [0, 0.1) is 27.7 Å². The largest absolute Gasteiger partial charge is 0.172 e. The minimum Gasteiger partial charge on any atom is -0.172 e. The molecule has 22 rings (SSSR count). The van der Waals surface area contributed by atoms with Crippen LogP contribution in [-0.4, -0.2) is 17.5 Å². The van der Waals surface area contributed by atoms with Crippen LogP contribution in [0.5, 0.6) is 0 Å². The Balaban J connectivity index is 0.000000164. The predicted molar refractivity (Wildman–Crippen MR) is 563 cm³/mol. The summed E-state index contributed by atoms with van der Waals surface area (Å²) < 4.78 is 39.7. The molecule has 18 aromatic carbocycles. The maximum absolute atomic E-state index is 4.97. The third kappa shape index (κ3) is 17.3. The van der Waals surface area contributed by atoms with E-state index in [4.69, 9.17) is 34.9 Å². The summed E-state index contributed by atoms with van der Waals surface area (Å²) in [6.45, 7) is 8.53. The lowest BCUT2D eigenvalue weighted by molar-refractivity contribution is 1.44. The van der Waals surface area contributed by atoms with Crippen molar-refractivity contribution in [3.05, 3.63) is 548 Å². The minimum absolute atomic E-state index is 0. The predicted octanol–water partition coefficient (Wildman–Crippen LogP) is 33.4. The molecule has 2 aliphatic heterocycles. The summed E-state index contributed by atoms with van der Waals surface area (Å²) in [5, 5.41) is 0. The summed E-state index contributed by atoms with van der Waals surface area (Å²) in [4.78, 5) is 0. The van der Waals surface area contributed by atoms with E-state index in [1.54, 1.807) is 0 Å². The molecule has 0 radical (unpaired) electrons. The molecule has 636 valence electrons. The van der Waals surface area contributed by atoms with Crippen LogP contribution in [-0.2, 0) is 22.7 Å². The summed E-state index contributed by atoms with van der Waals surface area (Å²) in [7, 11) is 0.